The van der Waals surface area contributed by atoms with Gasteiger partial charge in [0.05, 0.1) is 12.8 Å². The van der Waals surface area contributed by atoms with E-state index in [1.54, 1.807) is 22.9 Å². The molecule has 0 saturated carbocycles. The van der Waals surface area contributed by atoms with Gasteiger partial charge in [0, 0.05) is 25.0 Å². The summed E-state index contributed by atoms with van der Waals surface area (Å²) in [4.78, 5) is 27.9. The van der Waals surface area contributed by atoms with Gasteiger partial charge < -0.3 is 19.7 Å². The molecule has 0 saturated heterocycles. The molecule has 1 aliphatic heterocycles. The Morgan fingerprint density at radius 2 is 1.76 bits per heavy atom. The minimum atomic E-state index is -1.14. The summed E-state index contributed by atoms with van der Waals surface area (Å²) in [5.41, 5.74) is 1.69. The molecule has 1 aliphatic rings. The number of carbonyl (C=O) groups is 1. The van der Waals surface area contributed by atoms with Crippen LogP contribution in [0, 0.1) is 0 Å². The van der Waals surface area contributed by atoms with Crippen LogP contribution < -0.4 is 5.56 Å². The van der Waals surface area contributed by atoms with E-state index in [2.05, 4.69) is 4.99 Å². The summed E-state index contributed by atoms with van der Waals surface area (Å²) < 4.78 is 1.61. The van der Waals surface area contributed by atoms with Crippen LogP contribution >= 0.6 is 0 Å². The van der Waals surface area contributed by atoms with Gasteiger partial charge in [-0.15, -0.1) is 0 Å². The van der Waals surface area contributed by atoms with Gasteiger partial charge in [-0.1, -0.05) is 30.3 Å². The van der Waals surface area contributed by atoms with Gasteiger partial charge in [-0.05, 0) is 17.2 Å². The molecular weight excluding hydrogens is 322 g/mol. The average Bonchev–Trinajstić information content (AvgIpc) is 2.60. The van der Waals surface area contributed by atoms with E-state index >= 15 is 0 Å². The van der Waals surface area contributed by atoms with Crippen LogP contribution in [0.3, 0.4) is 0 Å². The summed E-state index contributed by atoms with van der Waals surface area (Å²) in [7, 11) is 0. The first-order valence-electron chi connectivity index (χ1n) is 7.69. The molecule has 0 radical (unpaired) electrons. The van der Waals surface area contributed by atoms with Crippen LogP contribution in [0.2, 0.25) is 0 Å². The molecule has 25 heavy (non-hydrogen) atoms. The number of carboxylic acid groups (broad SMARTS) is 1. The normalized spacial score (nSPS) is 16.6. The van der Waals surface area contributed by atoms with Crippen LogP contribution in [-0.2, 0) is 17.9 Å². The number of hydrogen-bond donors (Lipinski definition) is 2. The second kappa shape index (κ2) is 7.14. The zero-order chi connectivity index (χ0) is 17.8. The van der Waals surface area contributed by atoms with Crippen molar-refractivity contribution in [2.75, 3.05) is 0 Å². The Hall–Kier alpha value is -3.19. The number of nitrogens with zero attached hydrogens (tertiary/aromatic N) is 3. The first-order valence-corrected chi connectivity index (χ1v) is 7.69. The van der Waals surface area contributed by atoms with Crippen molar-refractivity contribution in [3.63, 3.8) is 0 Å². The zero-order valence-corrected chi connectivity index (χ0v) is 13.3. The molecule has 3 rings (SSSR count). The lowest BCUT2D eigenvalue weighted by atomic mass is 10.1. The fourth-order valence-electron chi connectivity index (χ4n) is 2.50. The summed E-state index contributed by atoms with van der Waals surface area (Å²) >= 11 is 0. The second-order valence-corrected chi connectivity index (χ2v) is 5.67. The smallest absolute Gasteiger partial charge is 0.355 e. The van der Waals surface area contributed by atoms with Gasteiger partial charge in [0.15, 0.2) is 11.9 Å². The topological polar surface area (TPSA) is 95.1 Å². The number of aliphatic hydroxyl groups is 1. The molecule has 7 heteroatoms. The predicted octanol–water partition coefficient (Wildman–Crippen LogP) is 1.03. The number of aliphatic imine (C=N–C) groups is 1. The van der Waals surface area contributed by atoms with E-state index in [1.165, 1.54) is 23.4 Å². The summed E-state index contributed by atoms with van der Waals surface area (Å²) in [6, 6.07) is 12.6. The van der Waals surface area contributed by atoms with Crippen LogP contribution in [0.25, 0.3) is 0 Å². The Bertz CT molecular complexity index is 884. The van der Waals surface area contributed by atoms with Gasteiger partial charge in [0.1, 0.15) is 0 Å². The Balaban J connectivity index is 1.70. The van der Waals surface area contributed by atoms with Crippen LogP contribution in [-0.4, -0.2) is 38.1 Å². The molecule has 0 fully saturated rings. The summed E-state index contributed by atoms with van der Waals surface area (Å²) in [5.74, 6) is -1.14. The summed E-state index contributed by atoms with van der Waals surface area (Å²) in [6.45, 7) is 0.817. The maximum atomic E-state index is 11.7. The number of carboxylic acids is 1. The predicted molar refractivity (Wildman–Crippen MR) is 92.0 cm³/mol. The highest BCUT2D eigenvalue weighted by molar-refractivity contribution is 5.89. The van der Waals surface area contributed by atoms with Crippen molar-refractivity contribution in [1.82, 2.24) is 9.47 Å². The summed E-state index contributed by atoms with van der Waals surface area (Å²) in [6.07, 6.45) is 3.28. The fourth-order valence-corrected chi connectivity index (χ4v) is 2.50. The highest BCUT2D eigenvalue weighted by Crippen LogP contribution is 2.15. The number of benzene rings is 1. The van der Waals surface area contributed by atoms with E-state index in [1.807, 2.05) is 24.3 Å². The van der Waals surface area contributed by atoms with Crippen molar-refractivity contribution in [1.29, 1.82) is 0 Å². The Morgan fingerprint density at radius 3 is 2.40 bits per heavy atom. The maximum Gasteiger partial charge on any atom is 0.355 e. The molecule has 0 bridgehead atoms. The largest absolute Gasteiger partial charge is 0.476 e. The first kappa shape index (κ1) is 16.7. The van der Waals surface area contributed by atoms with Crippen molar-refractivity contribution >= 4 is 12.2 Å². The van der Waals surface area contributed by atoms with E-state index in [4.69, 9.17) is 5.11 Å². The van der Waals surface area contributed by atoms with E-state index in [9.17, 15) is 14.7 Å². The molecule has 1 aromatic heterocycles. The maximum absolute atomic E-state index is 11.7. The molecule has 1 aromatic carbocycles. The lowest BCUT2D eigenvalue weighted by Crippen LogP contribution is -2.34. The van der Waals surface area contributed by atoms with Crippen LogP contribution in [0.15, 0.2) is 70.3 Å². The Morgan fingerprint density at radius 1 is 1.08 bits per heavy atom. The van der Waals surface area contributed by atoms with Crippen LogP contribution in [0.4, 0.5) is 0 Å². The molecule has 1 unspecified atom stereocenters. The van der Waals surface area contributed by atoms with Crippen molar-refractivity contribution in [2.45, 2.75) is 19.3 Å². The number of hydrogen-bond acceptors (Lipinski definition) is 5. The monoisotopic (exact) mass is 339 g/mol. The number of aromatic nitrogens is 1. The van der Waals surface area contributed by atoms with Gasteiger partial charge in [-0.3, -0.25) is 4.79 Å². The number of aliphatic carboxylic acids is 1. The van der Waals surface area contributed by atoms with Gasteiger partial charge >= 0.3 is 5.97 Å². The van der Waals surface area contributed by atoms with Gasteiger partial charge in [-0.25, -0.2) is 9.79 Å². The minimum Gasteiger partial charge on any atom is -0.476 e. The van der Waals surface area contributed by atoms with Crippen molar-refractivity contribution < 1.29 is 15.0 Å². The average molecular weight is 339 g/mol. The van der Waals surface area contributed by atoms with Crippen molar-refractivity contribution in [2.24, 2.45) is 4.99 Å². The highest BCUT2D eigenvalue weighted by Gasteiger charge is 2.19. The van der Waals surface area contributed by atoms with E-state index in [-0.39, 0.29) is 11.3 Å². The van der Waals surface area contributed by atoms with Gasteiger partial charge in [-0.2, -0.15) is 0 Å². The first-order chi connectivity index (χ1) is 12.0. The molecule has 2 aromatic rings. The van der Waals surface area contributed by atoms with E-state index < -0.39 is 12.2 Å². The molecule has 1 atom stereocenters. The number of aliphatic hydroxyl groups excluding tert-OH is 1. The van der Waals surface area contributed by atoms with Crippen molar-refractivity contribution in [3.8, 4) is 0 Å². The second-order valence-electron chi connectivity index (χ2n) is 5.67. The van der Waals surface area contributed by atoms with Crippen molar-refractivity contribution in [3.05, 3.63) is 82.0 Å². The minimum absolute atomic E-state index is 0.0614. The Kier molecular flexibility index (Phi) is 4.76. The molecule has 2 N–H and O–H groups in total. The van der Waals surface area contributed by atoms with Crippen LogP contribution in [0.1, 0.15) is 11.1 Å². The lowest BCUT2D eigenvalue weighted by molar-refractivity contribution is -0.132. The zero-order valence-electron chi connectivity index (χ0n) is 13.3. The molecule has 0 aliphatic carbocycles. The Labute approximate surface area is 143 Å². The molecule has 0 amide bonds. The SMILES string of the molecule is O=C(O)C1=CN(Cc2ccc(Cn3ccccc3=O)cc2)C(O)C=N1. The number of pyridine rings is 1. The number of rotatable bonds is 5. The third-order valence-electron chi connectivity index (χ3n) is 3.83. The molecule has 7 nitrogen and oxygen atoms in total. The molecular formula is C18H17N3O4. The fraction of sp³-hybridized carbons (Fsp3) is 0.167. The van der Waals surface area contributed by atoms with Gasteiger partial charge in [0.2, 0.25) is 0 Å². The standard InChI is InChI=1S/C18H17N3O4/c22-16-3-1-2-8-20(16)10-13-4-6-14(7-5-13)11-21-12-15(18(24)25)19-9-17(21)23/h1-9,12,17,23H,10-11H2,(H,24,25). The third-order valence-corrected chi connectivity index (χ3v) is 3.83. The lowest BCUT2D eigenvalue weighted by Gasteiger charge is -2.26. The van der Waals surface area contributed by atoms with Crippen LogP contribution in [0.5, 0.6) is 0 Å². The quantitative estimate of drug-likeness (QED) is 0.848. The summed E-state index contributed by atoms with van der Waals surface area (Å²) in [5, 5.41) is 18.9. The van der Waals surface area contributed by atoms with E-state index in [0.29, 0.717) is 13.1 Å². The highest BCUT2D eigenvalue weighted by atomic mass is 16.4. The molecule has 2 heterocycles. The van der Waals surface area contributed by atoms with E-state index in [0.717, 1.165) is 11.1 Å². The molecule has 0 spiro atoms. The third kappa shape index (κ3) is 4.02. The van der Waals surface area contributed by atoms with Gasteiger partial charge in [0.25, 0.3) is 5.56 Å². The molecule has 128 valence electrons.